The van der Waals surface area contributed by atoms with Crippen LogP contribution in [0.25, 0.3) is 0 Å². The van der Waals surface area contributed by atoms with Crippen molar-refractivity contribution in [3.05, 3.63) is 12.3 Å². The first kappa shape index (κ1) is 64.3. The number of rotatable bonds is 48. The fourth-order valence-corrected chi connectivity index (χ4v) is 8.74. The quantitative estimate of drug-likeness (QED) is 0.0373. The first-order valence-corrected chi connectivity index (χ1v) is 28.5. The second kappa shape index (κ2) is 42.2. The highest BCUT2D eigenvalue weighted by atomic mass is 16.9. The predicted octanol–water partition coefficient (Wildman–Crippen LogP) is 18.7. The Morgan fingerprint density at radius 1 is 0.400 bits per heavy atom. The normalized spacial score (nSPS) is 13.9. The van der Waals surface area contributed by atoms with Gasteiger partial charge in [0.15, 0.2) is 0 Å². The molecule has 0 aromatic rings. The van der Waals surface area contributed by atoms with Gasteiger partial charge in [0.1, 0.15) is 12.7 Å². The number of aliphatic hydroxyl groups excluding tert-OH is 1. The molecule has 0 aromatic heterocycles. The lowest BCUT2D eigenvalue weighted by atomic mass is 9.89. The fourth-order valence-electron chi connectivity index (χ4n) is 8.74. The van der Waals surface area contributed by atoms with Gasteiger partial charge in [-0.15, -0.1) is 0 Å². The van der Waals surface area contributed by atoms with E-state index in [9.17, 15) is 5.11 Å². The molecule has 0 aliphatic carbocycles. The van der Waals surface area contributed by atoms with E-state index in [2.05, 4.69) is 76.2 Å². The van der Waals surface area contributed by atoms with Crippen molar-refractivity contribution >= 4 is 0 Å². The van der Waals surface area contributed by atoms with Crippen LogP contribution in [0, 0.1) is 22.2 Å². The summed E-state index contributed by atoms with van der Waals surface area (Å²) in [6.07, 6.45) is 44.8. The predicted molar refractivity (Wildman–Crippen MR) is 283 cm³/mol. The van der Waals surface area contributed by atoms with Crippen molar-refractivity contribution < 1.29 is 28.8 Å². The zero-order chi connectivity index (χ0) is 48.4. The molecule has 0 bridgehead atoms. The molecule has 0 saturated carbocycles. The summed E-state index contributed by atoms with van der Waals surface area (Å²) < 4.78 is 32.8. The molecule has 0 fully saturated rings. The molecule has 0 heterocycles. The number of hydrogen-bond donors (Lipinski definition) is 1. The molecule has 0 aliphatic rings. The molecule has 0 aliphatic heterocycles. The Hall–Kier alpha value is -0.660. The van der Waals surface area contributed by atoms with Crippen molar-refractivity contribution in [1.29, 1.82) is 0 Å². The molecule has 0 aromatic carbocycles. The molecule has 0 spiro atoms. The van der Waals surface area contributed by atoms with E-state index in [1.807, 2.05) is 6.08 Å². The molecule has 1 N–H and O–H groups in total. The number of unbranched alkanes of at least 4 members (excludes halogenated alkanes) is 23. The van der Waals surface area contributed by atoms with Gasteiger partial charge in [-0.2, -0.15) is 0 Å². The average molecular weight is 924 g/mol. The van der Waals surface area contributed by atoms with Crippen LogP contribution >= 0.6 is 0 Å². The van der Waals surface area contributed by atoms with Crippen molar-refractivity contribution in [1.82, 2.24) is 0 Å². The highest BCUT2D eigenvalue weighted by Gasteiger charge is 2.42. The van der Waals surface area contributed by atoms with Gasteiger partial charge < -0.3 is 28.8 Å². The average Bonchev–Trinajstić information content (AvgIpc) is 3.23. The van der Waals surface area contributed by atoms with Gasteiger partial charge in [0, 0.05) is 12.5 Å². The van der Waals surface area contributed by atoms with Crippen molar-refractivity contribution in [3.63, 3.8) is 0 Å². The second-order valence-electron chi connectivity index (χ2n) is 23.7. The Labute approximate surface area is 408 Å². The summed E-state index contributed by atoms with van der Waals surface area (Å²) in [6, 6.07) is 0. The maximum absolute atomic E-state index is 10.5. The van der Waals surface area contributed by atoms with E-state index in [4.69, 9.17) is 23.7 Å². The van der Waals surface area contributed by atoms with Crippen LogP contribution < -0.4 is 0 Å². The Morgan fingerprint density at radius 3 is 1.14 bits per heavy atom. The molecular weight excluding hydrogens is 805 g/mol. The minimum Gasteiger partial charge on any atom is -0.499 e. The molecule has 2 atom stereocenters. The van der Waals surface area contributed by atoms with Crippen LogP contribution in [0.5, 0.6) is 0 Å². The van der Waals surface area contributed by atoms with E-state index in [1.54, 1.807) is 6.26 Å². The number of ether oxygens (including phenoxy) is 5. The van der Waals surface area contributed by atoms with E-state index in [-0.39, 0.29) is 19.1 Å². The molecule has 0 amide bonds. The van der Waals surface area contributed by atoms with Crippen molar-refractivity contribution in [2.45, 2.75) is 307 Å². The monoisotopic (exact) mass is 923 g/mol. The maximum atomic E-state index is 10.5. The Bertz CT molecular complexity index is 922. The molecular formula is C59H118O6. The largest absolute Gasteiger partial charge is 0.499 e. The Morgan fingerprint density at radius 2 is 0.754 bits per heavy atom. The van der Waals surface area contributed by atoms with Crippen molar-refractivity contribution in [2.75, 3.05) is 39.6 Å². The zero-order valence-electron chi connectivity index (χ0n) is 46.1. The second-order valence-corrected chi connectivity index (χ2v) is 23.7. The van der Waals surface area contributed by atoms with Gasteiger partial charge in [-0.3, -0.25) is 0 Å². The van der Waals surface area contributed by atoms with Crippen LogP contribution in [-0.2, 0) is 23.7 Å². The minimum atomic E-state index is -1.03. The van der Waals surface area contributed by atoms with Crippen LogP contribution in [0.1, 0.15) is 294 Å². The summed E-state index contributed by atoms with van der Waals surface area (Å²) in [7, 11) is 0. The van der Waals surface area contributed by atoms with Crippen LogP contribution in [0.2, 0.25) is 0 Å². The summed E-state index contributed by atoms with van der Waals surface area (Å²) in [5.74, 6) is -0.909. The fraction of sp³-hybridized carbons (Fsp3) is 0.966. The Balaban J connectivity index is 5.91. The Kier molecular flexibility index (Phi) is 41.8. The van der Waals surface area contributed by atoms with Crippen LogP contribution in [-0.4, -0.2) is 56.8 Å². The lowest BCUT2D eigenvalue weighted by Crippen LogP contribution is -2.47. The number of hydrogen-bond acceptors (Lipinski definition) is 6. The third-order valence-electron chi connectivity index (χ3n) is 12.9. The standard InChI is InChI=1S/C59H118O6/c1-12-14-16-17-27-34-42-54(43-41-48-62-53-55(60)52-61-47-15-13-2)59(63-49-38-31-24-18-21-28-35-44-56(3,4)5,64-50-39-32-25-19-22-29-36-45-57(6,7)8)65-51-40-33-26-20-23-30-37-46-58(9,10)11/h15,47,54-55,60H,12-14,16-46,48-53H2,1-11H3. The summed E-state index contributed by atoms with van der Waals surface area (Å²) in [4.78, 5) is 0. The van der Waals surface area contributed by atoms with Gasteiger partial charge in [0.05, 0.1) is 32.7 Å². The first-order valence-electron chi connectivity index (χ1n) is 28.5. The van der Waals surface area contributed by atoms with Gasteiger partial charge in [-0.05, 0) is 80.5 Å². The van der Waals surface area contributed by atoms with Crippen molar-refractivity contribution in [2.24, 2.45) is 22.2 Å². The molecule has 0 rings (SSSR count). The molecule has 6 heteroatoms. The SMILES string of the molecule is CCC=COCC(O)COCCCC(CCCCCCCC)C(OCCCCCCCCCC(C)(C)C)(OCCCCCCCCCC(C)(C)C)OCCCCCCCCCC(C)(C)C. The van der Waals surface area contributed by atoms with Crippen LogP contribution in [0.3, 0.4) is 0 Å². The van der Waals surface area contributed by atoms with Gasteiger partial charge in [0.2, 0.25) is 0 Å². The van der Waals surface area contributed by atoms with E-state index in [0.717, 1.165) is 51.4 Å². The van der Waals surface area contributed by atoms with Gasteiger partial charge >= 0.3 is 0 Å². The van der Waals surface area contributed by atoms with E-state index in [1.165, 1.54) is 167 Å². The van der Waals surface area contributed by atoms with Crippen molar-refractivity contribution in [3.8, 4) is 0 Å². The molecule has 65 heavy (non-hydrogen) atoms. The highest BCUT2D eigenvalue weighted by Crippen LogP contribution is 2.36. The van der Waals surface area contributed by atoms with Gasteiger partial charge in [0.25, 0.3) is 5.97 Å². The van der Waals surface area contributed by atoms with E-state index >= 15 is 0 Å². The summed E-state index contributed by atoms with van der Waals surface area (Å²) >= 11 is 0. The molecule has 0 saturated heterocycles. The van der Waals surface area contributed by atoms with E-state index in [0.29, 0.717) is 42.7 Å². The first-order chi connectivity index (χ1) is 31.0. The third kappa shape index (κ3) is 45.5. The number of aliphatic hydroxyl groups is 1. The van der Waals surface area contributed by atoms with E-state index < -0.39 is 12.1 Å². The van der Waals surface area contributed by atoms with Gasteiger partial charge in [-0.1, -0.05) is 236 Å². The third-order valence-corrected chi connectivity index (χ3v) is 12.9. The highest BCUT2D eigenvalue weighted by molar-refractivity contribution is 4.75. The maximum Gasteiger partial charge on any atom is 0.285 e. The summed E-state index contributed by atoms with van der Waals surface area (Å²) in [5.41, 5.74) is 1.32. The molecule has 2 unspecified atom stereocenters. The molecule has 0 radical (unpaired) electrons. The zero-order valence-corrected chi connectivity index (χ0v) is 46.1. The van der Waals surface area contributed by atoms with Gasteiger partial charge in [-0.25, -0.2) is 0 Å². The minimum absolute atomic E-state index is 0.123. The van der Waals surface area contributed by atoms with Crippen LogP contribution in [0.15, 0.2) is 12.3 Å². The summed E-state index contributed by atoms with van der Waals surface area (Å²) in [6.45, 7) is 28.7. The number of allylic oxidation sites excluding steroid dienone is 1. The topological polar surface area (TPSA) is 66.4 Å². The summed E-state index contributed by atoms with van der Waals surface area (Å²) in [5, 5.41) is 10.5. The lowest BCUT2D eigenvalue weighted by molar-refractivity contribution is -0.407. The van der Waals surface area contributed by atoms with Crippen LogP contribution in [0.4, 0.5) is 0 Å². The lowest BCUT2D eigenvalue weighted by Gasteiger charge is -2.40. The smallest absolute Gasteiger partial charge is 0.285 e. The molecule has 6 nitrogen and oxygen atoms in total. The molecule has 390 valence electrons.